The van der Waals surface area contributed by atoms with Crippen molar-refractivity contribution in [3.8, 4) is 11.5 Å². The van der Waals surface area contributed by atoms with Crippen molar-refractivity contribution < 1.29 is 9.47 Å². The van der Waals surface area contributed by atoms with E-state index in [9.17, 15) is 0 Å². The summed E-state index contributed by atoms with van der Waals surface area (Å²) >= 11 is 0. The minimum absolute atomic E-state index is 0.160. The number of hydrogen-bond donors (Lipinski definition) is 2. The molecule has 19 heavy (non-hydrogen) atoms. The van der Waals surface area contributed by atoms with E-state index in [1.165, 1.54) is 11.1 Å². The second-order valence-electron chi connectivity index (χ2n) is 5.81. The molecule has 1 aromatic rings. The lowest BCUT2D eigenvalue weighted by Gasteiger charge is -2.31. The zero-order valence-electron chi connectivity index (χ0n) is 11.9. The molecule has 4 heteroatoms. The molecule has 3 rings (SSSR count). The molecule has 2 atom stereocenters. The van der Waals surface area contributed by atoms with Crippen LogP contribution in [0.3, 0.4) is 0 Å². The molecule has 4 nitrogen and oxygen atoms in total. The summed E-state index contributed by atoms with van der Waals surface area (Å²) in [5, 5.41) is 6.76. The van der Waals surface area contributed by atoms with Gasteiger partial charge in [-0.2, -0.15) is 0 Å². The van der Waals surface area contributed by atoms with Gasteiger partial charge in [-0.25, -0.2) is 0 Å². The lowest BCUT2D eigenvalue weighted by molar-refractivity contribution is 0.173. The molecule has 0 amide bonds. The number of nitrogens with one attached hydrogen (secondary N) is 2. The van der Waals surface area contributed by atoms with Gasteiger partial charge in [-0.3, -0.25) is 0 Å². The molecule has 1 aromatic carbocycles. The molecule has 0 spiro atoms. The van der Waals surface area contributed by atoms with E-state index in [1.807, 2.05) is 13.1 Å². The van der Waals surface area contributed by atoms with Crippen LogP contribution in [0.5, 0.6) is 11.5 Å². The lowest BCUT2D eigenvalue weighted by atomic mass is 9.73. The van der Waals surface area contributed by atoms with Gasteiger partial charge in [0, 0.05) is 24.1 Å². The Hall–Kier alpha value is -1.26. The fourth-order valence-electron chi connectivity index (χ4n) is 3.23. The van der Waals surface area contributed by atoms with Gasteiger partial charge in [0.25, 0.3) is 0 Å². The van der Waals surface area contributed by atoms with Crippen LogP contribution in [0.15, 0.2) is 12.1 Å². The zero-order valence-corrected chi connectivity index (χ0v) is 11.9. The van der Waals surface area contributed by atoms with Crippen LogP contribution in [0, 0.1) is 5.92 Å². The molecule has 2 unspecified atom stereocenters. The highest BCUT2D eigenvalue weighted by Gasteiger charge is 2.40. The number of benzene rings is 1. The van der Waals surface area contributed by atoms with E-state index >= 15 is 0 Å². The van der Waals surface area contributed by atoms with Gasteiger partial charge in [-0.05, 0) is 31.1 Å². The average molecular weight is 262 g/mol. The van der Waals surface area contributed by atoms with Crippen molar-refractivity contribution in [1.29, 1.82) is 0 Å². The van der Waals surface area contributed by atoms with Crippen molar-refractivity contribution in [1.82, 2.24) is 10.6 Å². The molecule has 0 radical (unpaired) electrons. The van der Waals surface area contributed by atoms with E-state index in [-0.39, 0.29) is 5.41 Å². The minimum Gasteiger partial charge on any atom is -0.454 e. The van der Waals surface area contributed by atoms with Crippen LogP contribution in [-0.4, -0.2) is 26.9 Å². The molecule has 104 valence electrons. The van der Waals surface area contributed by atoms with E-state index in [0.717, 1.165) is 31.1 Å². The molecule has 1 saturated heterocycles. The van der Waals surface area contributed by atoms with Crippen LogP contribution < -0.4 is 20.1 Å². The first-order chi connectivity index (χ1) is 9.16. The first-order valence-electron chi connectivity index (χ1n) is 6.94. The average Bonchev–Trinajstić information content (AvgIpc) is 2.99. The number of fused-ring (bicyclic) bond motifs is 1. The predicted molar refractivity (Wildman–Crippen MR) is 74.7 cm³/mol. The molecule has 0 bridgehead atoms. The summed E-state index contributed by atoms with van der Waals surface area (Å²) in [4.78, 5) is 0. The highest BCUT2D eigenvalue weighted by molar-refractivity contribution is 5.54. The summed E-state index contributed by atoms with van der Waals surface area (Å²) in [5.74, 6) is 2.41. The fourth-order valence-corrected chi connectivity index (χ4v) is 3.23. The molecule has 0 saturated carbocycles. The molecular formula is C15H22N2O2. The van der Waals surface area contributed by atoms with Crippen molar-refractivity contribution in [3.63, 3.8) is 0 Å². The van der Waals surface area contributed by atoms with Crippen LogP contribution in [0.1, 0.15) is 25.0 Å². The van der Waals surface area contributed by atoms with Crippen LogP contribution in [0.25, 0.3) is 0 Å². The lowest BCUT2D eigenvalue weighted by Crippen LogP contribution is -2.32. The van der Waals surface area contributed by atoms with Crippen LogP contribution >= 0.6 is 0 Å². The molecule has 2 heterocycles. The first kappa shape index (κ1) is 12.8. The van der Waals surface area contributed by atoms with Gasteiger partial charge in [0.05, 0.1) is 0 Å². The van der Waals surface area contributed by atoms with E-state index in [1.54, 1.807) is 0 Å². The van der Waals surface area contributed by atoms with Gasteiger partial charge < -0.3 is 20.1 Å². The third-order valence-corrected chi connectivity index (χ3v) is 4.64. The Morgan fingerprint density at radius 2 is 2.26 bits per heavy atom. The molecule has 2 aliphatic heterocycles. The second-order valence-corrected chi connectivity index (χ2v) is 5.81. The third-order valence-electron chi connectivity index (χ3n) is 4.64. The number of rotatable bonds is 3. The van der Waals surface area contributed by atoms with Gasteiger partial charge in [-0.1, -0.05) is 19.9 Å². The van der Waals surface area contributed by atoms with Crippen molar-refractivity contribution in [3.05, 3.63) is 23.3 Å². The molecule has 0 aliphatic carbocycles. The van der Waals surface area contributed by atoms with Crippen LogP contribution in [-0.2, 0) is 12.0 Å². The van der Waals surface area contributed by atoms with Gasteiger partial charge in [0.2, 0.25) is 6.79 Å². The predicted octanol–water partition coefficient (Wildman–Crippen LogP) is 1.63. The normalized spacial score (nSPS) is 28.9. The summed E-state index contributed by atoms with van der Waals surface area (Å²) in [6.45, 7) is 7.89. The molecular weight excluding hydrogens is 240 g/mol. The fraction of sp³-hybridized carbons (Fsp3) is 0.600. The Bertz CT molecular complexity index is 489. The second kappa shape index (κ2) is 4.69. The number of hydrogen-bond acceptors (Lipinski definition) is 4. The van der Waals surface area contributed by atoms with E-state index in [4.69, 9.17) is 9.47 Å². The number of ether oxygens (including phenoxy) is 2. The highest BCUT2D eigenvalue weighted by atomic mass is 16.7. The summed E-state index contributed by atoms with van der Waals surface area (Å²) < 4.78 is 11.2. The summed E-state index contributed by atoms with van der Waals surface area (Å²) in [7, 11) is 1.97. The Balaban J connectivity index is 2.10. The SMILES string of the molecule is CNCc1c(C2(C)CNCC2C)ccc2c1OCO2. The van der Waals surface area contributed by atoms with Crippen molar-refractivity contribution in [2.24, 2.45) is 5.92 Å². The van der Waals surface area contributed by atoms with E-state index in [0.29, 0.717) is 12.7 Å². The Kier molecular flexibility index (Phi) is 3.15. The summed E-state index contributed by atoms with van der Waals surface area (Å²) in [6.07, 6.45) is 0. The maximum atomic E-state index is 5.68. The van der Waals surface area contributed by atoms with Crippen molar-refractivity contribution in [2.45, 2.75) is 25.8 Å². The quantitative estimate of drug-likeness (QED) is 0.869. The standard InChI is InChI=1S/C15H22N2O2/c1-10-6-17-8-15(10,2)12-4-5-13-14(19-9-18-13)11(12)7-16-3/h4-5,10,16-17H,6-9H2,1-3H3. The van der Waals surface area contributed by atoms with Gasteiger partial charge in [0.15, 0.2) is 11.5 Å². The zero-order chi connectivity index (χ0) is 13.5. The third kappa shape index (κ3) is 1.90. The Morgan fingerprint density at radius 1 is 1.42 bits per heavy atom. The molecule has 0 aromatic heterocycles. The first-order valence-corrected chi connectivity index (χ1v) is 6.94. The van der Waals surface area contributed by atoms with E-state index < -0.39 is 0 Å². The maximum absolute atomic E-state index is 5.68. The monoisotopic (exact) mass is 262 g/mol. The molecule has 2 aliphatic rings. The van der Waals surface area contributed by atoms with Gasteiger partial charge in [-0.15, -0.1) is 0 Å². The van der Waals surface area contributed by atoms with Crippen LogP contribution in [0.4, 0.5) is 0 Å². The minimum atomic E-state index is 0.160. The van der Waals surface area contributed by atoms with E-state index in [2.05, 4.69) is 30.5 Å². The molecule has 1 fully saturated rings. The summed E-state index contributed by atoms with van der Waals surface area (Å²) in [6, 6.07) is 4.26. The van der Waals surface area contributed by atoms with Gasteiger partial charge in [0.1, 0.15) is 0 Å². The van der Waals surface area contributed by atoms with Crippen molar-refractivity contribution >= 4 is 0 Å². The van der Waals surface area contributed by atoms with Crippen LogP contribution in [0.2, 0.25) is 0 Å². The maximum Gasteiger partial charge on any atom is 0.231 e. The topological polar surface area (TPSA) is 42.5 Å². The smallest absolute Gasteiger partial charge is 0.231 e. The van der Waals surface area contributed by atoms with Crippen molar-refractivity contribution in [2.75, 3.05) is 26.9 Å². The Morgan fingerprint density at radius 3 is 2.95 bits per heavy atom. The van der Waals surface area contributed by atoms with Gasteiger partial charge >= 0.3 is 0 Å². The summed E-state index contributed by atoms with van der Waals surface area (Å²) in [5.41, 5.74) is 2.78. The molecule has 2 N–H and O–H groups in total. The Labute approximate surface area is 114 Å². The highest BCUT2D eigenvalue weighted by Crippen LogP contribution is 2.44. The largest absolute Gasteiger partial charge is 0.454 e.